The molecule has 2 aromatic heterocycles. The number of fused-ring (bicyclic) bond motifs is 1. The van der Waals surface area contributed by atoms with Crippen LogP contribution < -0.4 is 10.2 Å². The highest BCUT2D eigenvalue weighted by atomic mass is 16.4. The Morgan fingerprint density at radius 3 is 2.49 bits per heavy atom. The number of anilines is 1. The van der Waals surface area contributed by atoms with Crippen LogP contribution >= 0.6 is 0 Å². The minimum atomic E-state index is -0.990. The van der Waals surface area contributed by atoms with Crippen molar-refractivity contribution < 1.29 is 9.90 Å². The van der Waals surface area contributed by atoms with Crippen molar-refractivity contribution in [2.75, 3.05) is 18.0 Å². The van der Waals surface area contributed by atoms with Crippen molar-refractivity contribution in [3.63, 3.8) is 0 Å². The van der Waals surface area contributed by atoms with E-state index in [1.807, 2.05) is 0 Å². The van der Waals surface area contributed by atoms with E-state index in [-0.39, 0.29) is 5.69 Å². The van der Waals surface area contributed by atoms with Crippen LogP contribution in [0.4, 0.5) is 5.82 Å². The molecule has 1 saturated heterocycles. The predicted octanol–water partition coefficient (Wildman–Crippen LogP) is 4.93. The Labute approximate surface area is 204 Å². The summed E-state index contributed by atoms with van der Waals surface area (Å²) in [5.41, 5.74) is 4.95. The van der Waals surface area contributed by atoms with E-state index in [0.29, 0.717) is 0 Å². The summed E-state index contributed by atoms with van der Waals surface area (Å²) >= 11 is 0. The summed E-state index contributed by atoms with van der Waals surface area (Å²) in [4.78, 5) is 25.2. The van der Waals surface area contributed by atoms with Crippen LogP contribution in [-0.2, 0) is 6.54 Å². The first-order valence-electron chi connectivity index (χ1n) is 12.1. The maximum absolute atomic E-state index is 10.1. The fourth-order valence-electron chi connectivity index (χ4n) is 4.30. The van der Waals surface area contributed by atoms with Crippen molar-refractivity contribution in [1.29, 1.82) is 0 Å². The van der Waals surface area contributed by atoms with Crippen molar-refractivity contribution >= 4 is 22.7 Å². The third-order valence-electron chi connectivity index (χ3n) is 6.34. The molecule has 2 N–H and O–H groups in total. The fourth-order valence-corrected chi connectivity index (χ4v) is 4.30. The van der Waals surface area contributed by atoms with Crippen LogP contribution in [0.15, 0.2) is 73.2 Å². The van der Waals surface area contributed by atoms with E-state index < -0.39 is 5.97 Å². The highest BCUT2D eigenvalue weighted by Crippen LogP contribution is 2.30. The Hall–Kier alpha value is -3.84. The number of nitrogens with one attached hydrogen (secondary N) is 1. The number of nitrogens with zero attached hydrogens (tertiary/aromatic N) is 4. The normalized spacial score (nSPS) is 15.0. The highest BCUT2D eigenvalue weighted by Gasteiger charge is 2.20. The summed E-state index contributed by atoms with van der Waals surface area (Å²) < 4.78 is 0. The van der Waals surface area contributed by atoms with Gasteiger partial charge in [0.25, 0.3) is 0 Å². The number of aromatic carboxylic acids is 1. The Balaban J connectivity index is 0.000000239. The van der Waals surface area contributed by atoms with Crippen molar-refractivity contribution in [1.82, 2.24) is 20.3 Å². The highest BCUT2D eigenvalue weighted by molar-refractivity contribution is 5.93. The molecule has 1 saturated carbocycles. The zero-order valence-electron chi connectivity index (χ0n) is 19.6. The maximum atomic E-state index is 10.1. The van der Waals surface area contributed by atoms with Crippen molar-refractivity contribution in [3.8, 4) is 11.1 Å². The third kappa shape index (κ3) is 5.81. The maximum Gasteiger partial charge on any atom is 0.354 e. The molecule has 1 aliphatic carbocycles. The molecule has 7 nitrogen and oxygen atoms in total. The van der Waals surface area contributed by atoms with Crippen molar-refractivity contribution in [3.05, 3.63) is 84.4 Å². The van der Waals surface area contributed by atoms with Crippen LogP contribution in [0, 0.1) is 0 Å². The molecule has 0 bridgehead atoms. The molecule has 0 spiro atoms. The Bertz CT molecular complexity index is 1300. The zero-order valence-corrected chi connectivity index (χ0v) is 19.6. The van der Waals surface area contributed by atoms with Crippen LogP contribution in [0.3, 0.4) is 0 Å². The molecule has 0 atom stereocenters. The molecule has 3 heterocycles. The fraction of sp³-hybridized carbons (Fsp3) is 0.286. The second kappa shape index (κ2) is 10.6. The van der Waals surface area contributed by atoms with E-state index in [4.69, 9.17) is 5.11 Å². The standard InChI is InChI=1S/C22H24N4.C6H5NO2/c1-2-11-26(10-1)22-20-13-18(6-9-21(20)24-15-25-22)17-5-3-4-16(12-17)14-23-19-7-8-19;8-6(9)5-3-1-2-4-7-5/h3-6,9,12-13,15,19,23H,1-2,7-8,10-11,14H2;1-4H,(H,8,9). The molecule has 4 aromatic rings. The lowest BCUT2D eigenvalue weighted by Gasteiger charge is -2.18. The minimum Gasteiger partial charge on any atom is -0.477 e. The average Bonchev–Trinajstić information content (AvgIpc) is 3.58. The molecule has 1 aliphatic heterocycles. The first-order valence-corrected chi connectivity index (χ1v) is 12.1. The first-order chi connectivity index (χ1) is 17.2. The number of pyridine rings is 1. The van der Waals surface area contributed by atoms with Gasteiger partial charge in [0.15, 0.2) is 0 Å². The molecule has 2 aliphatic rings. The van der Waals surface area contributed by atoms with Crippen LogP contribution in [0.2, 0.25) is 0 Å². The van der Waals surface area contributed by atoms with Gasteiger partial charge in [0.05, 0.1) is 5.52 Å². The first kappa shape index (κ1) is 22.9. The number of carbonyl (C=O) groups is 1. The molecular formula is C28H29N5O2. The predicted molar refractivity (Wildman–Crippen MR) is 137 cm³/mol. The lowest BCUT2D eigenvalue weighted by molar-refractivity contribution is 0.0690. The van der Waals surface area contributed by atoms with Gasteiger partial charge in [-0.2, -0.15) is 0 Å². The molecule has 7 heteroatoms. The zero-order chi connectivity index (χ0) is 24.0. The second-order valence-corrected chi connectivity index (χ2v) is 9.00. The Morgan fingerprint density at radius 1 is 0.943 bits per heavy atom. The average molecular weight is 468 g/mol. The van der Waals surface area contributed by atoms with Gasteiger partial charge in [-0.05, 0) is 72.7 Å². The molecule has 0 unspecified atom stereocenters. The number of benzene rings is 2. The lowest BCUT2D eigenvalue weighted by atomic mass is 10.0. The van der Waals surface area contributed by atoms with Gasteiger partial charge >= 0.3 is 5.97 Å². The van der Waals surface area contributed by atoms with Gasteiger partial charge in [-0.25, -0.2) is 19.7 Å². The van der Waals surface area contributed by atoms with Crippen molar-refractivity contribution in [2.45, 2.75) is 38.3 Å². The third-order valence-corrected chi connectivity index (χ3v) is 6.34. The lowest BCUT2D eigenvalue weighted by Crippen LogP contribution is -2.19. The summed E-state index contributed by atoms with van der Waals surface area (Å²) in [5.74, 6) is 0.0940. The van der Waals surface area contributed by atoms with E-state index in [2.05, 4.69) is 67.6 Å². The number of carboxylic acids is 1. The summed E-state index contributed by atoms with van der Waals surface area (Å²) in [6.45, 7) is 3.14. The summed E-state index contributed by atoms with van der Waals surface area (Å²) in [7, 11) is 0. The van der Waals surface area contributed by atoms with Gasteiger partial charge in [0.2, 0.25) is 0 Å². The van der Waals surface area contributed by atoms with Crippen molar-refractivity contribution in [2.24, 2.45) is 0 Å². The summed E-state index contributed by atoms with van der Waals surface area (Å²) in [6, 6.07) is 20.9. The number of hydrogen-bond acceptors (Lipinski definition) is 6. The van der Waals surface area contributed by atoms with Gasteiger partial charge < -0.3 is 15.3 Å². The topological polar surface area (TPSA) is 91.2 Å². The number of hydrogen-bond donors (Lipinski definition) is 2. The molecule has 6 rings (SSSR count). The van der Waals surface area contributed by atoms with Crippen LogP contribution in [0.1, 0.15) is 41.7 Å². The van der Waals surface area contributed by atoms with Gasteiger partial charge in [0.1, 0.15) is 17.8 Å². The molecule has 0 radical (unpaired) electrons. The minimum absolute atomic E-state index is 0.0810. The summed E-state index contributed by atoms with van der Waals surface area (Å²) in [5, 5.41) is 13.1. The molecule has 2 aromatic carbocycles. The van der Waals surface area contributed by atoms with E-state index in [9.17, 15) is 4.79 Å². The van der Waals surface area contributed by atoms with E-state index in [1.54, 1.807) is 18.5 Å². The van der Waals surface area contributed by atoms with Gasteiger partial charge in [0, 0.05) is 37.3 Å². The number of rotatable bonds is 6. The molecule has 0 amide bonds. The van der Waals surface area contributed by atoms with E-state index in [1.165, 1.54) is 54.6 Å². The monoisotopic (exact) mass is 467 g/mol. The van der Waals surface area contributed by atoms with E-state index >= 15 is 0 Å². The van der Waals surface area contributed by atoms with Crippen LogP contribution in [0.5, 0.6) is 0 Å². The van der Waals surface area contributed by atoms with E-state index in [0.717, 1.165) is 42.4 Å². The second-order valence-electron chi connectivity index (χ2n) is 9.00. The largest absolute Gasteiger partial charge is 0.477 e. The van der Waals surface area contributed by atoms with Gasteiger partial charge in [-0.1, -0.05) is 30.3 Å². The SMILES string of the molecule is O=C(O)c1ccccn1.c1cc(CNC2CC2)cc(-c2ccc3ncnc(N4CCCC4)c3c2)c1. The smallest absolute Gasteiger partial charge is 0.354 e. The summed E-state index contributed by atoms with van der Waals surface area (Å²) in [6.07, 6.45) is 8.29. The Morgan fingerprint density at radius 2 is 1.77 bits per heavy atom. The molecular weight excluding hydrogens is 438 g/mol. The molecule has 2 fully saturated rings. The van der Waals surface area contributed by atoms with Gasteiger partial charge in [-0.15, -0.1) is 0 Å². The molecule has 178 valence electrons. The van der Waals surface area contributed by atoms with Crippen LogP contribution in [0.25, 0.3) is 22.0 Å². The molecule has 35 heavy (non-hydrogen) atoms. The van der Waals surface area contributed by atoms with Crippen LogP contribution in [-0.4, -0.2) is 45.2 Å². The quantitative estimate of drug-likeness (QED) is 0.415. The Kier molecular flexibility index (Phi) is 6.95. The number of carboxylic acid groups (broad SMARTS) is 1. The number of aromatic nitrogens is 3. The van der Waals surface area contributed by atoms with Gasteiger partial charge in [-0.3, -0.25) is 0 Å².